The summed E-state index contributed by atoms with van der Waals surface area (Å²) in [5.74, 6) is 0.500. The second-order valence-electron chi connectivity index (χ2n) is 6.47. The SMILES string of the molecule is CC(C)COCCC(=O)NC1(c2ccc(Cl)cc2)CCOCC1. The molecule has 1 heterocycles. The molecule has 128 valence electrons. The van der Waals surface area contributed by atoms with Gasteiger partial charge in [-0.25, -0.2) is 0 Å². The number of carbonyl (C=O) groups excluding carboxylic acids is 1. The Kier molecular flexibility index (Phi) is 6.88. The van der Waals surface area contributed by atoms with E-state index in [1.807, 2.05) is 24.3 Å². The predicted molar refractivity (Wildman–Crippen MR) is 91.6 cm³/mol. The molecule has 4 nitrogen and oxygen atoms in total. The van der Waals surface area contributed by atoms with E-state index in [1.54, 1.807) is 0 Å². The normalized spacial score (nSPS) is 17.2. The molecule has 1 N–H and O–H groups in total. The number of rotatable bonds is 7. The highest BCUT2D eigenvalue weighted by molar-refractivity contribution is 6.30. The van der Waals surface area contributed by atoms with Crippen molar-refractivity contribution in [3.05, 3.63) is 34.9 Å². The average molecular weight is 340 g/mol. The van der Waals surface area contributed by atoms with Crippen LogP contribution in [-0.4, -0.2) is 32.3 Å². The zero-order chi connectivity index (χ0) is 16.7. The van der Waals surface area contributed by atoms with Gasteiger partial charge in [0.2, 0.25) is 5.91 Å². The molecule has 5 heteroatoms. The van der Waals surface area contributed by atoms with Crippen molar-refractivity contribution in [3.8, 4) is 0 Å². The number of amides is 1. The van der Waals surface area contributed by atoms with Crippen LogP contribution < -0.4 is 5.32 Å². The molecule has 0 bridgehead atoms. The van der Waals surface area contributed by atoms with Crippen LogP contribution in [0.1, 0.15) is 38.7 Å². The van der Waals surface area contributed by atoms with Gasteiger partial charge in [0.05, 0.1) is 12.1 Å². The van der Waals surface area contributed by atoms with Crippen molar-refractivity contribution in [2.45, 2.75) is 38.6 Å². The summed E-state index contributed by atoms with van der Waals surface area (Å²) in [5, 5.41) is 3.91. The second kappa shape index (κ2) is 8.67. The summed E-state index contributed by atoms with van der Waals surface area (Å²) in [6.07, 6.45) is 1.92. The summed E-state index contributed by atoms with van der Waals surface area (Å²) in [6.45, 7) is 6.62. The lowest BCUT2D eigenvalue weighted by molar-refractivity contribution is -0.125. The Balaban J connectivity index is 1.98. The van der Waals surface area contributed by atoms with Gasteiger partial charge in [-0.05, 0) is 36.5 Å². The minimum Gasteiger partial charge on any atom is -0.381 e. The number of hydrogen-bond acceptors (Lipinski definition) is 3. The van der Waals surface area contributed by atoms with Crippen LogP contribution in [0.25, 0.3) is 0 Å². The molecule has 1 aromatic carbocycles. The van der Waals surface area contributed by atoms with Gasteiger partial charge >= 0.3 is 0 Å². The van der Waals surface area contributed by atoms with Crippen LogP contribution in [0.4, 0.5) is 0 Å². The molecule has 1 fully saturated rings. The van der Waals surface area contributed by atoms with Gasteiger partial charge in [-0.15, -0.1) is 0 Å². The number of hydrogen-bond donors (Lipinski definition) is 1. The van der Waals surface area contributed by atoms with Crippen molar-refractivity contribution in [1.29, 1.82) is 0 Å². The van der Waals surface area contributed by atoms with Gasteiger partial charge in [0, 0.05) is 31.3 Å². The van der Waals surface area contributed by atoms with Crippen LogP contribution >= 0.6 is 11.6 Å². The van der Waals surface area contributed by atoms with E-state index in [0.717, 1.165) is 18.4 Å². The van der Waals surface area contributed by atoms with Gasteiger partial charge in [0.25, 0.3) is 0 Å². The molecule has 1 aliphatic rings. The second-order valence-corrected chi connectivity index (χ2v) is 6.90. The van der Waals surface area contributed by atoms with Crippen LogP contribution in [0.15, 0.2) is 24.3 Å². The molecule has 0 atom stereocenters. The van der Waals surface area contributed by atoms with Crippen LogP contribution in [0.5, 0.6) is 0 Å². The topological polar surface area (TPSA) is 47.6 Å². The Morgan fingerprint density at radius 3 is 2.57 bits per heavy atom. The van der Waals surface area contributed by atoms with Gasteiger partial charge < -0.3 is 14.8 Å². The largest absolute Gasteiger partial charge is 0.381 e. The van der Waals surface area contributed by atoms with Crippen molar-refractivity contribution in [2.24, 2.45) is 5.92 Å². The van der Waals surface area contributed by atoms with E-state index in [4.69, 9.17) is 21.1 Å². The lowest BCUT2D eigenvalue weighted by Gasteiger charge is -2.38. The molecule has 0 spiro atoms. The number of carbonyl (C=O) groups is 1. The molecular weight excluding hydrogens is 314 g/mol. The summed E-state index contributed by atoms with van der Waals surface area (Å²) < 4.78 is 11.0. The van der Waals surface area contributed by atoms with E-state index in [-0.39, 0.29) is 11.4 Å². The van der Waals surface area contributed by atoms with Crippen molar-refractivity contribution in [3.63, 3.8) is 0 Å². The van der Waals surface area contributed by atoms with E-state index in [2.05, 4.69) is 19.2 Å². The molecule has 1 aliphatic heterocycles. The summed E-state index contributed by atoms with van der Waals surface area (Å²) in [4.78, 5) is 12.3. The highest BCUT2D eigenvalue weighted by Gasteiger charge is 2.35. The first-order valence-corrected chi connectivity index (χ1v) is 8.62. The molecule has 0 saturated carbocycles. The fourth-order valence-electron chi connectivity index (χ4n) is 2.79. The lowest BCUT2D eigenvalue weighted by Crippen LogP contribution is -2.49. The van der Waals surface area contributed by atoms with E-state index >= 15 is 0 Å². The first-order chi connectivity index (χ1) is 11.0. The molecule has 0 radical (unpaired) electrons. The monoisotopic (exact) mass is 339 g/mol. The van der Waals surface area contributed by atoms with Gasteiger partial charge in [-0.2, -0.15) is 0 Å². The molecule has 1 saturated heterocycles. The number of benzene rings is 1. The van der Waals surface area contributed by atoms with E-state index in [9.17, 15) is 4.79 Å². The van der Waals surface area contributed by atoms with Crippen molar-refractivity contribution in [2.75, 3.05) is 26.4 Å². The zero-order valence-electron chi connectivity index (χ0n) is 13.9. The molecule has 0 aliphatic carbocycles. The maximum Gasteiger partial charge on any atom is 0.223 e. The third-order valence-corrected chi connectivity index (χ3v) is 4.30. The predicted octanol–water partition coefficient (Wildman–Crippen LogP) is 3.52. The van der Waals surface area contributed by atoms with Crippen molar-refractivity contribution < 1.29 is 14.3 Å². The highest BCUT2D eigenvalue weighted by Crippen LogP contribution is 2.33. The minimum absolute atomic E-state index is 0.0191. The maximum absolute atomic E-state index is 12.3. The third-order valence-electron chi connectivity index (χ3n) is 4.05. The molecule has 23 heavy (non-hydrogen) atoms. The number of ether oxygens (including phenoxy) is 2. The van der Waals surface area contributed by atoms with Gasteiger partial charge in [-0.1, -0.05) is 37.6 Å². The molecular formula is C18H26ClNO3. The first kappa shape index (κ1) is 18.2. The fraction of sp³-hybridized carbons (Fsp3) is 0.611. The fourth-order valence-corrected chi connectivity index (χ4v) is 2.91. The Hall–Kier alpha value is -1.10. The van der Waals surface area contributed by atoms with E-state index < -0.39 is 0 Å². The van der Waals surface area contributed by atoms with E-state index in [1.165, 1.54) is 0 Å². The van der Waals surface area contributed by atoms with Crippen LogP contribution in [0, 0.1) is 5.92 Å². The average Bonchev–Trinajstić information content (AvgIpc) is 2.53. The van der Waals surface area contributed by atoms with Gasteiger partial charge in [0.1, 0.15) is 0 Å². The summed E-state index contributed by atoms with van der Waals surface area (Å²) in [6, 6.07) is 7.71. The summed E-state index contributed by atoms with van der Waals surface area (Å²) in [7, 11) is 0. The van der Waals surface area contributed by atoms with Gasteiger partial charge in [0.15, 0.2) is 0 Å². The maximum atomic E-state index is 12.3. The number of halogens is 1. The quantitative estimate of drug-likeness (QED) is 0.773. The molecule has 1 aromatic rings. The van der Waals surface area contributed by atoms with Crippen LogP contribution in [-0.2, 0) is 19.8 Å². The summed E-state index contributed by atoms with van der Waals surface area (Å²) in [5.41, 5.74) is 0.722. The van der Waals surface area contributed by atoms with Crippen molar-refractivity contribution in [1.82, 2.24) is 5.32 Å². The minimum atomic E-state index is -0.363. The highest BCUT2D eigenvalue weighted by atomic mass is 35.5. The number of nitrogens with one attached hydrogen (secondary N) is 1. The van der Waals surface area contributed by atoms with Crippen LogP contribution in [0.3, 0.4) is 0 Å². The van der Waals surface area contributed by atoms with Gasteiger partial charge in [-0.3, -0.25) is 4.79 Å². The zero-order valence-corrected chi connectivity index (χ0v) is 14.7. The van der Waals surface area contributed by atoms with E-state index in [0.29, 0.717) is 43.8 Å². The molecule has 1 amide bonds. The molecule has 2 rings (SSSR count). The Bertz CT molecular complexity index is 495. The molecule has 0 unspecified atom stereocenters. The Morgan fingerprint density at radius 2 is 1.96 bits per heavy atom. The summed E-state index contributed by atoms with van der Waals surface area (Å²) >= 11 is 5.98. The standard InChI is InChI=1S/C18H26ClNO3/c1-14(2)13-23-10-7-17(21)20-18(8-11-22-12-9-18)15-3-5-16(19)6-4-15/h3-6,14H,7-13H2,1-2H3,(H,20,21). The van der Waals surface area contributed by atoms with Crippen LogP contribution in [0.2, 0.25) is 5.02 Å². The Morgan fingerprint density at radius 1 is 1.30 bits per heavy atom. The lowest BCUT2D eigenvalue weighted by atomic mass is 9.82. The first-order valence-electron chi connectivity index (χ1n) is 8.24. The third kappa shape index (κ3) is 5.48. The molecule has 0 aromatic heterocycles. The smallest absolute Gasteiger partial charge is 0.223 e. The van der Waals surface area contributed by atoms with Crippen molar-refractivity contribution >= 4 is 17.5 Å². The Labute approximate surface area is 143 Å².